The van der Waals surface area contributed by atoms with E-state index in [0.29, 0.717) is 22.3 Å². The van der Waals surface area contributed by atoms with Gasteiger partial charge in [-0.2, -0.15) is 0 Å². The van der Waals surface area contributed by atoms with Crippen LogP contribution in [0.5, 0.6) is 5.75 Å². The first-order chi connectivity index (χ1) is 11.5. The highest BCUT2D eigenvalue weighted by Gasteiger charge is 2.25. The van der Waals surface area contributed by atoms with Gasteiger partial charge in [0.15, 0.2) is 17.5 Å². The number of fused-ring (bicyclic) bond motifs is 1. The molecule has 2 heterocycles. The molecule has 0 aliphatic carbocycles. The number of ether oxygens (including phenoxy) is 1. The zero-order valence-corrected chi connectivity index (χ0v) is 13.8. The number of nitrogens with one attached hydrogen (secondary N) is 1. The molecule has 3 rings (SSSR count). The van der Waals surface area contributed by atoms with E-state index in [0.717, 1.165) is 0 Å². The number of carbonyl (C=O) groups excluding carboxylic acids is 3. The van der Waals surface area contributed by atoms with E-state index in [4.69, 9.17) is 4.74 Å². The lowest BCUT2D eigenvalue weighted by atomic mass is 10.2. The molecular formula is C16H15N3O4S. The third-order valence-electron chi connectivity index (χ3n) is 3.48. The molecule has 0 saturated carbocycles. The predicted octanol–water partition coefficient (Wildman–Crippen LogP) is 2.10. The molecule has 1 N–H and O–H groups in total. The molecule has 0 fully saturated rings. The fourth-order valence-electron chi connectivity index (χ4n) is 2.29. The second-order valence-electron chi connectivity index (χ2n) is 5.19. The maximum Gasteiger partial charge on any atom is 0.265 e. The Kier molecular flexibility index (Phi) is 4.57. The maximum atomic E-state index is 12.1. The number of anilines is 2. The largest absolute Gasteiger partial charge is 0.482 e. The van der Waals surface area contributed by atoms with Crippen molar-refractivity contribution >= 4 is 39.8 Å². The van der Waals surface area contributed by atoms with Crippen molar-refractivity contribution < 1.29 is 19.1 Å². The van der Waals surface area contributed by atoms with Crippen LogP contribution in [-0.2, 0) is 9.59 Å². The van der Waals surface area contributed by atoms with Gasteiger partial charge in [0, 0.05) is 25.3 Å². The van der Waals surface area contributed by atoms with Crippen molar-refractivity contribution in [2.24, 2.45) is 0 Å². The van der Waals surface area contributed by atoms with Crippen LogP contribution < -0.4 is 15.0 Å². The van der Waals surface area contributed by atoms with Crippen molar-refractivity contribution in [3.8, 4) is 5.75 Å². The van der Waals surface area contributed by atoms with Gasteiger partial charge in [-0.3, -0.25) is 14.4 Å². The summed E-state index contributed by atoms with van der Waals surface area (Å²) >= 11 is 1.19. The van der Waals surface area contributed by atoms with E-state index in [1.54, 1.807) is 22.4 Å². The van der Waals surface area contributed by atoms with Gasteiger partial charge in [0.05, 0.1) is 5.69 Å². The molecule has 0 radical (unpaired) electrons. The van der Waals surface area contributed by atoms with Crippen LogP contribution in [0.15, 0.2) is 29.6 Å². The standard InChI is InChI=1S/C16H15N3O4S/c1-10(20)11-9-24-16(17-11)18-14(21)6-7-19-12-4-2-3-5-13(12)23-8-15(19)22/h2-5,9H,6-8H2,1H3,(H,17,18,21). The minimum atomic E-state index is -0.267. The first-order valence-corrected chi connectivity index (χ1v) is 8.21. The lowest BCUT2D eigenvalue weighted by Crippen LogP contribution is -2.40. The third-order valence-corrected chi connectivity index (χ3v) is 4.24. The van der Waals surface area contributed by atoms with Gasteiger partial charge in [0.2, 0.25) is 5.91 Å². The van der Waals surface area contributed by atoms with E-state index >= 15 is 0 Å². The summed E-state index contributed by atoms with van der Waals surface area (Å²) < 4.78 is 5.36. The van der Waals surface area contributed by atoms with Gasteiger partial charge in [-0.25, -0.2) is 4.98 Å². The topological polar surface area (TPSA) is 88.6 Å². The van der Waals surface area contributed by atoms with Crippen molar-refractivity contribution in [2.45, 2.75) is 13.3 Å². The van der Waals surface area contributed by atoms with Crippen LogP contribution in [0.25, 0.3) is 0 Å². The van der Waals surface area contributed by atoms with E-state index in [9.17, 15) is 14.4 Å². The normalized spacial score (nSPS) is 13.2. The number of para-hydroxylation sites is 2. The smallest absolute Gasteiger partial charge is 0.265 e. The zero-order valence-electron chi connectivity index (χ0n) is 12.9. The maximum absolute atomic E-state index is 12.1. The molecule has 1 aromatic heterocycles. The molecule has 0 unspecified atom stereocenters. The Morgan fingerprint density at radius 1 is 1.38 bits per heavy atom. The second-order valence-corrected chi connectivity index (χ2v) is 6.05. The van der Waals surface area contributed by atoms with Crippen LogP contribution in [-0.4, -0.2) is 35.7 Å². The first-order valence-electron chi connectivity index (χ1n) is 7.33. The molecule has 8 heteroatoms. The highest BCUT2D eigenvalue weighted by molar-refractivity contribution is 7.14. The van der Waals surface area contributed by atoms with Crippen molar-refractivity contribution in [1.82, 2.24) is 4.98 Å². The Bertz CT molecular complexity index is 802. The Morgan fingerprint density at radius 2 is 2.17 bits per heavy atom. The highest BCUT2D eigenvalue weighted by Crippen LogP contribution is 2.31. The van der Waals surface area contributed by atoms with E-state index in [1.165, 1.54) is 18.3 Å². The number of aromatic nitrogens is 1. The van der Waals surface area contributed by atoms with Crippen LogP contribution >= 0.6 is 11.3 Å². The number of ketones is 1. The Morgan fingerprint density at radius 3 is 2.92 bits per heavy atom. The molecule has 7 nitrogen and oxygen atoms in total. The van der Waals surface area contributed by atoms with Gasteiger partial charge in [-0.15, -0.1) is 11.3 Å². The molecule has 0 bridgehead atoms. The summed E-state index contributed by atoms with van der Waals surface area (Å²) in [6.07, 6.45) is 0.120. The zero-order chi connectivity index (χ0) is 17.1. The van der Waals surface area contributed by atoms with Crippen LogP contribution in [0.2, 0.25) is 0 Å². The molecule has 0 atom stereocenters. The van der Waals surface area contributed by atoms with Gasteiger partial charge in [-0.05, 0) is 12.1 Å². The second kappa shape index (κ2) is 6.79. The number of hydrogen-bond donors (Lipinski definition) is 1. The van der Waals surface area contributed by atoms with Gasteiger partial charge in [-0.1, -0.05) is 12.1 Å². The van der Waals surface area contributed by atoms with Gasteiger partial charge in [0.25, 0.3) is 5.91 Å². The summed E-state index contributed by atoms with van der Waals surface area (Å²) in [7, 11) is 0. The number of amides is 2. The minimum Gasteiger partial charge on any atom is -0.482 e. The molecule has 2 amide bonds. The van der Waals surface area contributed by atoms with E-state index in [-0.39, 0.29) is 37.2 Å². The van der Waals surface area contributed by atoms with Crippen molar-refractivity contribution in [2.75, 3.05) is 23.4 Å². The van der Waals surface area contributed by atoms with Crippen LogP contribution in [0.4, 0.5) is 10.8 Å². The summed E-state index contributed by atoms with van der Waals surface area (Å²) in [6.45, 7) is 1.63. The van der Waals surface area contributed by atoms with Gasteiger partial charge >= 0.3 is 0 Å². The predicted molar refractivity (Wildman–Crippen MR) is 89.7 cm³/mol. The van der Waals surface area contributed by atoms with Crippen molar-refractivity contribution in [1.29, 1.82) is 0 Å². The molecule has 0 spiro atoms. The molecule has 1 aliphatic rings. The minimum absolute atomic E-state index is 0.0346. The number of thiazole rings is 1. The molecule has 2 aromatic rings. The van der Waals surface area contributed by atoms with Gasteiger partial charge < -0.3 is 15.0 Å². The van der Waals surface area contributed by atoms with Crippen LogP contribution in [0, 0.1) is 0 Å². The highest BCUT2D eigenvalue weighted by atomic mass is 32.1. The van der Waals surface area contributed by atoms with E-state index in [2.05, 4.69) is 10.3 Å². The summed E-state index contributed by atoms with van der Waals surface area (Å²) in [6, 6.07) is 7.21. The fraction of sp³-hybridized carbons (Fsp3) is 0.250. The SMILES string of the molecule is CC(=O)c1csc(NC(=O)CCN2C(=O)COc3ccccc32)n1. The van der Waals surface area contributed by atoms with Crippen LogP contribution in [0.3, 0.4) is 0 Å². The number of benzene rings is 1. The molecular weight excluding hydrogens is 330 g/mol. The average molecular weight is 345 g/mol. The molecule has 0 saturated heterocycles. The monoisotopic (exact) mass is 345 g/mol. The number of nitrogens with zero attached hydrogens (tertiary/aromatic N) is 2. The van der Waals surface area contributed by atoms with Crippen molar-refractivity contribution in [3.63, 3.8) is 0 Å². The summed E-state index contributed by atoms with van der Waals surface area (Å²) in [5, 5.41) is 4.61. The lowest BCUT2D eigenvalue weighted by molar-refractivity contribution is -0.121. The lowest BCUT2D eigenvalue weighted by Gasteiger charge is -2.29. The third kappa shape index (κ3) is 3.43. The summed E-state index contributed by atoms with van der Waals surface area (Å²) in [5.41, 5.74) is 0.988. The number of hydrogen-bond acceptors (Lipinski definition) is 6. The van der Waals surface area contributed by atoms with E-state index in [1.807, 2.05) is 12.1 Å². The Labute approximate surface area is 142 Å². The molecule has 24 heavy (non-hydrogen) atoms. The average Bonchev–Trinajstić information content (AvgIpc) is 3.02. The molecule has 1 aliphatic heterocycles. The van der Waals surface area contributed by atoms with Crippen LogP contribution in [0.1, 0.15) is 23.8 Å². The molecule has 124 valence electrons. The Hall–Kier alpha value is -2.74. The summed E-state index contributed by atoms with van der Waals surface area (Å²) in [4.78, 5) is 40.9. The Balaban J connectivity index is 1.61. The van der Waals surface area contributed by atoms with Crippen molar-refractivity contribution in [3.05, 3.63) is 35.3 Å². The fourth-order valence-corrected chi connectivity index (χ4v) is 3.05. The number of carbonyl (C=O) groups is 3. The number of rotatable bonds is 5. The molecule has 1 aromatic carbocycles. The summed E-state index contributed by atoms with van der Waals surface area (Å²) in [5.74, 6) is 0.0247. The first kappa shape index (κ1) is 16.1. The number of Topliss-reactive ketones (excluding diaryl/α,β-unsaturated/α-hetero) is 1. The quantitative estimate of drug-likeness (QED) is 0.839. The van der Waals surface area contributed by atoms with E-state index < -0.39 is 0 Å². The van der Waals surface area contributed by atoms with Gasteiger partial charge in [0.1, 0.15) is 11.4 Å².